The zero-order chi connectivity index (χ0) is 14.4. The molecule has 0 saturated carbocycles. The lowest BCUT2D eigenvalue weighted by atomic mass is 10.0. The third-order valence-corrected chi connectivity index (χ3v) is 4.22. The van der Waals surface area contributed by atoms with Gasteiger partial charge >= 0.3 is 0 Å². The fourth-order valence-corrected chi connectivity index (χ4v) is 3.06. The van der Waals surface area contributed by atoms with Gasteiger partial charge in [0.15, 0.2) is 0 Å². The minimum atomic E-state index is -0.161. The first kappa shape index (κ1) is 15.5. The standard InChI is InChI=1S/C17H27FN2/c1-3-11-20-12-4-5-17(10-13-20)19-14(2)15-6-8-16(18)9-7-15/h6-9,14,17,19H,3-5,10-13H2,1-2H3. The van der Waals surface area contributed by atoms with E-state index >= 15 is 0 Å². The highest BCUT2D eigenvalue weighted by atomic mass is 19.1. The molecule has 112 valence electrons. The van der Waals surface area contributed by atoms with E-state index in [-0.39, 0.29) is 5.82 Å². The van der Waals surface area contributed by atoms with Crippen molar-refractivity contribution in [1.29, 1.82) is 0 Å². The Kier molecular flexibility index (Phi) is 5.99. The minimum Gasteiger partial charge on any atom is -0.307 e. The summed E-state index contributed by atoms with van der Waals surface area (Å²) in [7, 11) is 0. The maximum atomic E-state index is 13.0. The Balaban J connectivity index is 1.85. The molecule has 0 radical (unpaired) electrons. The smallest absolute Gasteiger partial charge is 0.123 e. The van der Waals surface area contributed by atoms with Crippen LogP contribution in [0.3, 0.4) is 0 Å². The van der Waals surface area contributed by atoms with E-state index in [2.05, 4.69) is 24.1 Å². The SMILES string of the molecule is CCCN1CCCC(NC(C)c2ccc(F)cc2)CC1. The molecule has 2 rings (SSSR count). The van der Waals surface area contributed by atoms with E-state index in [9.17, 15) is 4.39 Å². The Morgan fingerprint density at radius 3 is 2.70 bits per heavy atom. The van der Waals surface area contributed by atoms with Gasteiger partial charge in [-0.3, -0.25) is 0 Å². The molecule has 1 heterocycles. The Morgan fingerprint density at radius 1 is 1.25 bits per heavy atom. The predicted molar refractivity (Wildman–Crippen MR) is 82.3 cm³/mol. The van der Waals surface area contributed by atoms with Crippen LogP contribution >= 0.6 is 0 Å². The lowest BCUT2D eigenvalue weighted by Crippen LogP contribution is -2.33. The summed E-state index contributed by atoms with van der Waals surface area (Å²) < 4.78 is 13.0. The van der Waals surface area contributed by atoms with Crippen molar-refractivity contribution >= 4 is 0 Å². The molecule has 0 amide bonds. The van der Waals surface area contributed by atoms with Crippen LogP contribution < -0.4 is 5.32 Å². The largest absolute Gasteiger partial charge is 0.307 e. The molecule has 2 nitrogen and oxygen atoms in total. The summed E-state index contributed by atoms with van der Waals surface area (Å²) in [5.74, 6) is -0.161. The van der Waals surface area contributed by atoms with Crippen molar-refractivity contribution in [3.63, 3.8) is 0 Å². The Bertz CT molecular complexity index is 390. The topological polar surface area (TPSA) is 15.3 Å². The van der Waals surface area contributed by atoms with Crippen molar-refractivity contribution in [1.82, 2.24) is 10.2 Å². The van der Waals surface area contributed by atoms with Crippen molar-refractivity contribution in [3.8, 4) is 0 Å². The number of hydrogen-bond donors (Lipinski definition) is 1. The van der Waals surface area contributed by atoms with E-state index in [1.165, 1.54) is 50.9 Å². The molecule has 0 aliphatic carbocycles. The quantitative estimate of drug-likeness (QED) is 0.882. The first-order valence-corrected chi connectivity index (χ1v) is 7.93. The van der Waals surface area contributed by atoms with E-state index in [4.69, 9.17) is 0 Å². The summed E-state index contributed by atoms with van der Waals surface area (Å²) in [6.45, 7) is 8.07. The number of nitrogens with one attached hydrogen (secondary N) is 1. The van der Waals surface area contributed by atoms with Gasteiger partial charge < -0.3 is 10.2 Å². The number of benzene rings is 1. The molecule has 3 heteroatoms. The van der Waals surface area contributed by atoms with Crippen LogP contribution in [0.5, 0.6) is 0 Å². The molecule has 1 aliphatic heterocycles. The molecule has 0 bridgehead atoms. The third kappa shape index (κ3) is 4.57. The Labute approximate surface area is 122 Å². The summed E-state index contributed by atoms with van der Waals surface area (Å²) in [6.07, 6.45) is 4.97. The summed E-state index contributed by atoms with van der Waals surface area (Å²) in [4.78, 5) is 2.57. The molecule has 0 spiro atoms. The van der Waals surface area contributed by atoms with E-state index in [0.717, 1.165) is 0 Å². The van der Waals surface area contributed by atoms with Gasteiger partial charge in [-0.1, -0.05) is 19.1 Å². The van der Waals surface area contributed by atoms with Crippen molar-refractivity contribution in [2.45, 2.75) is 51.6 Å². The summed E-state index contributed by atoms with van der Waals surface area (Å²) in [6, 6.07) is 7.73. The van der Waals surface area contributed by atoms with Crippen molar-refractivity contribution in [2.75, 3.05) is 19.6 Å². The summed E-state index contributed by atoms with van der Waals surface area (Å²) in [5.41, 5.74) is 1.17. The zero-order valence-corrected chi connectivity index (χ0v) is 12.7. The van der Waals surface area contributed by atoms with Gasteiger partial charge in [-0.15, -0.1) is 0 Å². The second-order valence-electron chi connectivity index (χ2n) is 5.91. The van der Waals surface area contributed by atoms with Crippen LogP contribution in [-0.2, 0) is 0 Å². The maximum Gasteiger partial charge on any atom is 0.123 e. The first-order chi connectivity index (χ1) is 9.69. The summed E-state index contributed by atoms with van der Waals surface area (Å²) in [5, 5.41) is 3.71. The number of hydrogen-bond acceptors (Lipinski definition) is 2. The van der Waals surface area contributed by atoms with Crippen LogP contribution in [0.15, 0.2) is 24.3 Å². The molecule has 20 heavy (non-hydrogen) atoms. The van der Waals surface area contributed by atoms with Crippen LogP contribution in [0.2, 0.25) is 0 Å². The highest BCUT2D eigenvalue weighted by molar-refractivity contribution is 5.19. The van der Waals surface area contributed by atoms with Crippen molar-refractivity contribution < 1.29 is 4.39 Å². The minimum absolute atomic E-state index is 0.161. The van der Waals surface area contributed by atoms with E-state index in [1.807, 2.05) is 12.1 Å². The van der Waals surface area contributed by atoms with Crippen LogP contribution in [0.25, 0.3) is 0 Å². The summed E-state index contributed by atoms with van der Waals surface area (Å²) >= 11 is 0. The highest BCUT2D eigenvalue weighted by Gasteiger charge is 2.18. The van der Waals surface area contributed by atoms with Crippen LogP contribution in [0.1, 0.15) is 51.1 Å². The lowest BCUT2D eigenvalue weighted by Gasteiger charge is -2.23. The normalized spacial score (nSPS) is 22.4. The second-order valence-corrected chi connectivity index (χ2v) is 5.91. The van der Waals surface area contributed by atoms with Crippen LogP contribution in [0, 0.1) is 5.82 Å². The molecular formula is C17H27FN2. The van der Waals surface area contributed by atoms with E-state index < -0.39 is 0 Å². The fourth-order valence-electron chi connectivity index (χ4n) is 3.06. The van der Waals surface area contributed by atoms with Gasteiger partial charge in [0, 0.05) is 12.1 Å². The molecule has 1 aliphatic rings. The van der Waals surface area contributed by atoms with Crippen LogP contribution in [-0.4, -0.2) is 30.6 Å². The van der Waals surface area contributed by atoms with E-state index in [1.54, 1.807) is 12.1 Å². The molecule has 1 aromatic carbocycles. The second kappa shape index (κ2) is 7.75. The maximum absolute atomic E-state index is 13.0. The Hall–Kier alpha value is -0.930. The molecular weight excluding hydrogens is 251 g/mol. The fraction of sp³-hybridized carbons (Fsp3) is 0.647. The monoisotopic (exact) mass is 278 g/mol. The van der Waals surface area contributed by atoms with Crippen LogP contribution in [0.4, 0.5) is 4.39 Å². The number of halogens is 1. The van der Waals surface area contributed by atoms with Gasteiger partial charge in [0.25, 0.3) is 0 Å². The molecule has 1 aromatic rings. The lowest BCUT2D eigenvalue weighted by molar-refractivity contribution is 0.281. The number of nitrogens with zero attached hydrogens (tertiary/aromatic N) is 1. The molecule has 1 fully saturated rings. The average molecular weight is 278 g/mol. The molecule has 0 aromatic heterocycles. The van der Waals surface area contributed by atoms with Gasteiger partial charge in [0.05, 0.1) is 0 Å². The molecule has 1 N–H and O–H groups in total. The third-order valence-electron chi connectivity index (χ3n) is 4.22. The van der Waals surface area contributed by atoms with Gasteiger partial charge in [-0.05, 0) is 69.9 Å². The predicted octanol–water partition coefficient (Wildman–Crippen LogP) is 3.74. The van der Waals surface area contributed by atoms with E-state index in [0.29, 0.717) is 12.1 Å². The van der Waals surface area contributed by atoms with Gasteiger partial charge in [-0.2, -0.15) is 0 Å². The molecule has 2 atom stereocenters. The zero-order valence-electron chi connectivity index (χ0n) is 12.7. The number of likely N-dealkylation sites (tertiary alicyclic amines) is 1. The first-order valence-electron chi connectivity index (χ1n) is 7.93. The van der Waals surface area contributed by atoms with Gasteiger partial charge in [-0.25, -0.2) is 4.39 Å². The Morgan fingerprint density at radius 2 is 2.00 bits per heavy atom. The van der Waals surface area contributed by atoms with Crippen molar-refractivity contribution in [3.05, 3.63) is 35.6 Å². The number of rotatable bonds is 5. The average Bonchev–Trinajstić information content (AvgIpc) is 2.66. The van der Waals surface area contributed by atoms with Gasteiger partial charge in [0.2, 0.25) is 0 Å². The highest BCUT2D eigenvalue weighted by Crippen LogP contribution is 2.18. The van der Waals surface area contributed by atoms with Gasteiger partial charge in [0.1, 0.15) is 5.82 Å². The molecule has 1 saturated heterocycles. The molecule has 2 unspecified atom stereocenters. The van der Waals surface area contributed by atoms with Crippen molar-refractivity contribution in [2.24, 2.45) is 0 Å².